The van der Waals surface area contributed by atoms with Crippen LogP contribution in [0, 0.1) is 0 Å². The molecule has 0 unspecified atom stereocenters. The Kier molecular flexibility index (Phi) is 3.95. The average Bonchev–Trinajstić information content (AvgIpc) is 3.58. The number of furan rings is 1. The van der Waals surface area contributed by atoms with E-state index >= 15 is 0 Å². The number of nitrogens with zero attached hydrogens (tertiary/aromatic N) is 4. The smallest absolute Gasteiger partial charge is 0.310 e. The van der Waals surface area contributed by atoms with E-state index in [2.05, 4.69) is 15.1 Å². The molecule has 4 aromatic rings. The van der Waals surface area contributed by atoms with Crippen LogP contribution in [-0.4, -0.2) is 33.4 Å². The number of carbonyl (C=O) groups excluding carboxylic acids is 1. The lowest BCUT2D eigenvalue weighted by atomic mass is 9.97. The van der Waals surface area contributed by atoms with Crippen LogP contribution >= 0.6 is 0 Å². The van der Waals surface area contributed by atoms with Gasteiger partial charge in [0.1, 0.15) is 0 Å². The fraction of sp³-hybridized carbons (Fsp3) is 0.130. The molecule has 0 aliphatic carbocycles. The van der Waals surface area contributed by atoms with Crippen molar-refractivity contribution in [3.05, 3.63) is 84.1 Å². The molecule has 8 nitrogen and oxygen atoms in total. The van der Waals surface area contributed by atoms with Crippen LogP contribution in [0.2, 0.25) is 0 Å². The van der Waals surface area contributed by atoms with Gasteiger partial charge in [-0.3, -0.25) is 14.8 Å². The predicted octanol–water partition coefficient (Wildman–Crippen LogP) is 3.94. The minimum absolute atomic E-state index is 0.203. The Morgan fingerprint density at radius 1 is 0.968 bits per heavy atom. The van der Waals surface area contributed by atoms with E-state index in [0.717, 1.165) is 27.9 Å². The summed E-state index contributed by atoms with van der Waals surface area (Å²) in [6.45, 7) is 0.203. The molecule has 2 aliphatic heterocycles. The van der Waals surface area contributed by atoms with Crippen LogP contribution in [0.3, 0.4) is 0 Å². The van der Waals surface area contributed by atoms with Gasteiger partial charge in [-0.15, -0.1) is 0 Å². The van der Waals surface area contributed by atoms with Gasteiger partial charge in [-0.25, -0.2) is 5.01 Å². The lowest BCUT2D eigenvalue weighted by Crippen LogP contribution is -2.26. The zero-order valence-corrected chi connectivity index (χ0v) is 16.3. The van der Waals surface area contributed by atoms with Crippen molar-refractivity contribution < 1.29 is 18.7 Å². The molecule has 0 radical (unpaired) electrons. The maximum absolute atomic E-state index is 13.2. The number of benzene rings is 2. The summed E-state index contributed by atoms with van der Waals surface area (Å²) in [6.07, 6.45) is 5.33. The van der Waals surface area contributed by atoms with Gasteiger partial charge < -0.3 is 13.9 Å². The normalized spacial score (nSPS) is 17.2. The van der Waals surface area contributed by atoms with Crippen LogP contribution in [0.15, 0.2) is 76.7 Å². The number of hydrazone groups is 1. The maximum Gasteiger partial charge on any atom is 0.310 e. The van der Waals surface area contributed by atoms with Gasteiger partial charge in [0.25, 0.3) is 0 Å². The predicted molar refractivity (Wildman–Crippen MR) is 111 cm³/mol. The Bertz CT molecular complexity index is 1330. The van der Waals surface area contributed by atoms with Crippen LogP contribution in [0.25, 0.3) is 11.0 Å². The van der Waals surface area contributed by atoms with E-state index in [4.69, 9.17) is 13.9 Å². The highest BCUT2D eigenvalue weighted by Crippen LogP contribution is 2.38. The third kappa shape index (κ3) is 3.00. The van der Waals surface area contributed by atoms with Gasteiger partial charge in [-0.05, 0) is 48.0 Å². The molecule has 0 bridgehead atoms. The highest BCUT2D eigenvalue weighted by Gasteiger charge is 2.35. The lowest BCUT2D eigenvalue weighted by molar-refractivity contribution is 0.0678. The molecule has 0 saturated heterocycles. The molecule has 2 aliphatic rings. The Hall–Kier alpha value is -4.20. The molecule has 0 N–H and O–H groups in total. The van der Waals surface area contributed by atoms with Gasteiger partial charge in [0.2, 0.25) is 6.79 Å². The van der Waals surface area contributed by atoms with Crippen LogP contribution in [0.5, 0.6) is 11.5 Å². The fourth-order valence-electron chi connectivity index (χ4n) is 3.91. The molecule has 2 aromatic carbocycles. The molecule has 1 atom stereocenters. The Morgan fingerprint density at radius 2 is 1.84 bits per heavy atom. The first-order chi connectivity index (χ1) is 15.3. The van der Waals surface area contributed by atoms with Crippen LogP contribution in [0.1, 0.15) is 34.1 Å². The van der Waals surface area contributed by atoms with Crippen LogP contribution in [0.4, 0.5) is 0 Å². The van der Waals surface area contributed by atoms with Gasteiger partial charge in [0.15, 0.2) is 17.3 Å². The van der Waals surface area contributed by atoms with Crippen molar-refractivity contribution in [2.45, 2.75) is 12.5 Å². The van der Waals surface area contributed by atoms with Gasteiger partial charge in [0.05, 0.1) is 29.1 Å². The monoisotopic (exact) mass is 412 g/mol. The molecular weight excluding hydrogens is 396 g/mol. The number of carbonyl (C=O) groups is 1. The van der Waals surface area contributed by atoms with Crippen molar-refractivity contribution >= 4 is 22.7 Å². The molecular formula is C23H16N4O4. The summed E-state index contributed by atoms with van der Waals surface area (Å²) in [7, 11) is 0. The SMILES string of the molecule is O=C(c1ccco1)N1N=C(c2ccc3c(c2)OCO3)C[C@@H]1c1ccc2nccnc2c1. The number of ether oxygens (including phenoxy) is 2. The minimum atomic E-state index is -0.301. The van der Waals surface area contributed by atoms with Crippen LogP contribution in [-0.2, 0) is 0 Å². The van der Waals surface area contributed by atoms with Gasteiger partial charge in [0, 0.05) is 24.4 Å². The average molecular weight is 412 g/mol. The Balaban J connectivity index is 1.41. The standard InChI is InChI=1S/C23H16N4O4/c28-23(21-2-1-9-29-21)27-19(15-3-5-16-18(10-15)25-8-7-24-16)12-17(26-27)14-4-6-20-22(11-14)31-13-30-20/h1-11,19H,12-13H2/t19-/m1/s1. The molecule has 152 valence electrons. The first-order valence-corrected chi connectivity index (χ1v) is 9.81. The number of hydrogen-bond acceptors (Lipinski definition) is 7. The summed E-state index contributed by atoms with van der Waals surface area (Å²) in [5, 5.41) is 6.17. The van der Waals surface area contributed by atoms with Crippen molar-refractivity contribution in [1.29, 1.82) is 0 Å². The number of rotatable bonds is 3. The van der Waals surface area contributed by atoms with E-state index in [9.17, 15) is 4.79 Å². The van der Waals surface area contributed by atoms with Gasteiger partial charge in [-0.1, -0.05) is 6.07 Å². The lowest BCUT2D eigenvalue weighted by Gasteiger charge is -2.21. The molecule has 8 heteroatoms. The second kappa shape index (κ2) is 6.94. The number of hydrogen-bond donors (Lipinski definition) is 0. The third-order valence-electron chi connectivity index (χ3n) is 5.43. The first-order valence-electron chi connectivity index (χ1n) is 9.81. The third-order valence-corrected chi connectivity index (χ3v) is 5.43. The van der Waals surface area contributed by atoms with Crippen LogP contribution < -0.4 is 9.47 Å². The molecule has 31 heavy (non-hydrogen) atoms. The largest absolute Gasteiger partial charge is 0.459 e. The quantitative estimate of drug-likeness (QED) is 0.506. The van der Waals surface area contributed by atoms with E-state index < -0.39 is 0 Å². The van der Waals surface area contributed by atoms with E-state index in [1.807, 2.05) is 36.4 Å². The zero-order chi connectivity index (χ0) is 20.8. The van der Waals surface area contributed by atoms with E-state index in [-0.39, 0.29) is 24.5 Å². The zero-order valence-electron chi connectivity index (χ0n) is 16.3. The molecule has 6 rings (SSSR count). The second-order valence-corrected chi connectivity index (χ2v) is 7.27. The molecule has 1 amide bonds. The van der Waals surface area contributed by atoms with E-state index in [0.29, 0.717) is 17.9 Å². The highest BCUT2D eigenvalue weighted by atomic mass is 16.7. The summed E-state index contributed by atoms with van der Waals surface area (Å²) in [4.78, 5) is 21.9. The molecule has 2 aromatic heterocycles. The summed E-state index contributed by atoms with van der Waals surface area (Å²) >= 11 is 0. The van der Waals surface area contributed by atoms with Gasteiger partial charge in [-0.2, -0.15) is 5.10 Å². The van der Waals surface area contributed by atoms with Crippen molar-refractivity contribution in [2.75, 3.05) is 6.79 Å². The van der Waals surface area contributed by atoms with Crippen molar-refractivity contribution in [3.8, 4) is 11.5 Å². The maximum atomic E-state index is 13.2. The molecule has 0 spiro atoms. The second-order valence-electron chi connectivity index (χ2n) is 7.27. The summed E-state index contributed by atoms with van der Waals surface area (Å²) in [5.41, 5.74) is 4.14. The van der Waals surface area contributed by atoms with Gasteiger partial charge >= 0.3 is 5.91 Å². The summed E-state index contributed by atoms with van der Waals surface area (Å²) < 4.78 is 16.3. The van der Waals surface area contributed by atoms with E-state index in [1.165, 1.54) is 11.3 Å². The fourth-order valence-corrected chi connectivity index (χ4v) is 3.91. The molecule has 0 saturated carbocycles. The number of amides is 1. The number of fused-ring (bicyclic) bond motifs is 2. The highest BCUT2D eigenvalue weighted by molar-refractivity contribution is 6.05. The molecule has 0 fully saturated rings. The molecule has 4 heterocycles. The van der Waals surface area contributed by atoms with Crippen molar-refractivity contribution in [2.24, 2.45) is 5.10 Å². The van der Waals surface area contributed by atoms with Crippen molar-refractivity contribution in [3.63, 3.8) is 0 Å². The first kappa shape index (κ1) is 17.6. The Morgan fingerprint density at radius 3 is 2.71 bits per heavy atom. The summed E-state index contributed by atoms with van der Waals surface area (Å²) in [6, 6.07) is 14.5. The topological polar surface area (TPSA) is 90.1 Å². The minimum Gasteiger partial charge on any atom is -0.459 e. The van der Waals surface area contributed by atoms with Crippen molar-refractivity contribution in [1.82, 2.24) is 15.0 Å². The number of aromatic nitrogens is 2. The van der Waals surface area contributed by atoms with E-state index in [1.54, 1.807) is 24.5 Å². The Labute approximate surface area is 176 Å². The summed E-state index contributed by atoms with van der Waals surface area (Å²) in [5.74, 6) is 1.32.